The molecule has 0 aliphatic heterocycles. The molecule has 322 valence electrons. The molecule has 60 heavy (non-hydrogen) atoms. The molecule has 0 spiro atoms. The zero-order chi connectivity index (χ0) is 43.4. The molecular weight excluding hydrogens is 800 g/mol. The molecule has 2 aromatic carbocycles. The summed E-state index contributed by atoms with van der Waals surface area (Å²) in [6, 6.07) is 11.1. The summed E-state index contributed by atoms with van der Waals surface area (Å²) in [6.45, 7) is 12.0. The Bertz CT molecular complexity index is 2090. The minimum atomic E-state index is -1.31. The Hall–Kier alpha value is -6.33. The second-order valence-corrected chi connectivity index (χ2v) is 14.3. The zero-order valence-electron chi connectivity index (χ0n) is 34.2. The minimum Gasteiger partial charge on any atom is -0.496 e. The summed E-state index contributed by atoms with van der Waals surface area (Å²) in [4.78, 5) is 81.6. The molecule has 3 aromatic rings. The summed E-state index contributed by atoms with van der Waals surface area (Å²) < 4.78 is 26.3. The Kier molecular flexibility index (Phi) is 17.7. The van der Waals surface area contributed by atoms with Crippen LogP contribution in [-0.4, -0.2) is 85.8 Å². The van der Waals surface area contributed by atoms with E-state index in [-0.39, 0.29) is 71.0 Å². The lowest BCUT2D eigenvalue weighted by molar-refractivity contribution is -0.169. The highest BCUT2D eigenvalue weighted by atomic mass is 35.5. The molecule has 0 bridgehead atoms. The summed E-state index contributed by atoms with van der Waals surface area (Å²) in [5, 5.41) is 16.2. The van der Waals surface area contributed by atoms with Crippen LogP contribution < -0.4 is 26.4 Å². The molecule has 4 rings (SSSR count). The van der Waals surface area contributed by atoms with Crippen molar-refractivity contribution in [2.24, 2.45) is 23.5 Å². The summed E-state index contributed by atoms with van der Waals surface area (Å²) in [5.74, 6) is -3.61. The Morgan fingerprint density at radius 3 is 2.17 bits per heavy atom. The number of rotatable bonds is 18. The monoisotopic (exact) mass is 850 g/mol. The molecule has 0 saturated heterocycles. The standard InChI is InChI=1S/C42H50N6O11.ClH/c1-8-26-19-31(37(49)46-28-13-11-27(12-14-28)36(44)48-42(54)57-18-17-56-40(52)34(43)22(2)3)30(20-33(26)55-7)29-15-16-32(38(50)45-21-25-9-10-25)47-35(29)41(53)59-24(6)58-39(51)23(4)5;/h8,11-16,19-20,22-25,34H,1,9-10,17-18,21,43H2,2-7H3,(H,45,50)(H,46,49)(H2,44,48,54);1H/t24?,34-;/m0./s1. The Morgan fingerprint density at radius 1 is 0.900 bits per heavy atom. The largest absolute Gasteiger partial charge is 0.496 e. The maximum Gasteiger partial charge on any atom is 0.412 e. The smallest absolute Gasteiger partial charge is 0.412 e. The van der Waals surface area contributed by atoms with Crippen LogP contribution in [0.4, 0.5) is 10.5 Å². The molecule has 0 radical (unpaired) electrons. The van der Waals surface area contributed by atoms with Gasteiger partial charge in [0.1, 0.15) is 36.5 Å². The van der Waals surface area contributed by atoms with Crippen LogP contribution >= 0.6 is 12.4 Å². The van der Waals surface area contributed by atoms with Gasteiger partial charge in [0.25, 0.3) is 11.8 Å². The van der Waals surface area contributed by atoms with Gasteiger partial charge in [0.05, 0.1) is 13.0 Å². The van der Waals surface area contributed by atoms with Gasteiger partial charge in [0, 0.05) is 47.0 Å². The van der Waals surface area contributed by atoms with E-state index >= 15 is 0 Å². The molecule has 6 N–H and O–H groups in total. The van der Waals surface area contributed by atoms with E-state index in [0.29, 0.717) is 29.5 Å². The van der Waals surface area contributed by atoms with Crippen molar-refractivity contribution >= 4 is 65.8 Å². The quantitative estimate of drug-likeness (QED) is 0.0266. The van der Waals surface area contributed by atoms with Crippen molar-refractivity contribution in [1.82, 2.24) is 15.6 Å². The van der Waals surface area contributed by atoms with Crippen LogP contribution in [0.25, 0.3) is 17.2 Å². The van der Waals surface area contributed by atoms with Crippen molar-refractivity contribution in [2.45, 2.75) is 59.8 Å². The topological polar surface area (TPSA) is 247 Å². The van der Waals surface area contributed by atoms with Crippen LogP contribution in [0.2, 0.25) is 0 Å². The van der Waals surface area contributed by atoms with Gasteiger partial charge < -0.3 is 40.1 Å². The van der Waals surface area contributed by atoms with Crippen LogP contribution in [0.3, 0.4) is 0 Å². The fraction of sp³-hybridized carbons (Fsp3) is 0.381. The number of carbonyl (C=O) groups excluding carboxylic acids is 6. The molecule has 1 unspecified atom stereocenters. The van der Waals surface area contributed by atoms with Crippen LogP contribution in [0.1, 0.15) is 89.9 Å². The molecular formula is C42H51ClN6O11. The molecule has 18 heteroatoms. The average Bonchev–Trinajstić information content (AvgIpc) is 4.05. The number of pyridine rings is 1. The lowest BCUT2D eigenvalue weighted by Crippen LogP contribution is -2.38. The highest BCUT2D eigenvalue weighted by Gasteiger charge is 2.28. The second kappa shape index (κ2) is 22.2. The molecule has 1 aromatic heterocycles. The van der Waals surface area contributed by atoms with Crippen LogP contribution in [-0.2, 0) is 28.5 Å². The molecule has 3 amide bonds. The van der Waals surface area contributed by atoms with Crippen molar-refractivity contribution in [1.29, 1.82) is 5.41 Å². The van der Waals surface area contributed by atoms with Gasteiger partial charge in [-0.05, 0) is 73.2 Å². The van der Waals surface area contributed by atoms with E-state index in [9.17, 15) is 28.8 Å². The predicted octanol–water partition coefficient (Wildman–Crippen LogP) is 5.49. The van der Waals surface area contributed by atoms with Crippen LogP contribution in [0.15, 0.2) is 55.1 Å². The van der Waals surface area contributed by atoms with E-state index in [0.717, 1.165) is 12.8 Å². The number of benzene rings is 2. The summed E-state index contributed by atoms with van der Waals surface area (Å²) in [5.41, 5.74) is 6.70. The van der Waals surface area contributed by atoms with Crippen molar-refractivity contribution in [2.75, 3.05) is 32.2 Å². The van der Waals surface area contributed by atoms with E-state index in [1.165, 1.54) is 68.6 Å². The second-order valence-electron chi connectivity index (χ2n) is 14.3. The SMILES string of the molecule is C=Cc1cc(C(=O)Nc2ccc(C(=N)NC(=O)OCCOC(=O)[C@@H](N)C(C)C)cc2)c(-c2ccc(C(=O)NCC3CC3)nc2C(=O)OC(C)OC(=O)C(C)C)cc1OC.Cl. The van der Waals surface area contributed by atoms with Gasteiger partial charge in [-0.2, -0.15) is 0 Å². The number of aromatic nitrogens is 1. The fourth-order valence-corrected chi connectivity index (χ4v) is 5.26. The number of halogens is 1. The van der Waals surface area contributed by atoms with Gasteiger partial charge in [-0.3, -0.25) is 29.9 Å². The first-order valence-corrected chi connectivity index (χ1v) is 18.9. The van der Waals surface area contributed by atoms with Gasteiger partial charge in [-0.1, -0.05) is 40.3 Å². The highest BCUT2D eigenvalue weighted by Crippen LogP contribution is 2.35. The van der Waals surface area contributed by atoms with E-state index in [4.69, 9.17) is 34.8 Å². The molecule has 2 atom stereocenters. The Balaban J connectivity index is 0.00000961. The number of carbonyl (C=O) groups is 6. The summed E-state index contributed by atoms with van der Waals surface area (Å²) >= 11 is 0. The van der Waals surface area contributed by atoms with E-state index in [1.54, 1.807) is 27.7 Å². The molecule has 1 heterocycles. The number of nitrogens with one attached hydrogen (secondary N) is 4. The molecule has 1 aliphatic carbocycles. The highest BCUT2D eigenvalue weighted by molar-refractivity contribution is 6.11. The number of esters is 3. The third-order valence-electron chi connectivity index (χ3n) is 8.93. The van der Waals surface area contributed by atoms with E-state index < -0.39 is 54.1 Å². The van der Waals surface area contributed by atoms with Gasteiger partial charge in [0.15, 0.2) is 5.69 Å². The molecule has 1 fully saturated rings. The predicted molar refractivity (Wildman–Crippen MR) is 224 cm³/mol. The summed E-state index contributed by atoms with van der Waals surface area (Å²) in [7, 11) is 1.42. The minimum absolute atomic E-state index is 0. The average molecular weight is 851 g/mol. The Labute approximate surface area is 354 Å². The third-order valence-corrected chi connectivity index (χ3v) is 8.93. The number of hydrogen-bond donors (Lipinski definition) is 5. The maximum atomic E-state index is 14.1. The first kappa shape index (κ1) is 48.0. The first-order chi connectivity index (χ1) is 28.0. The van der Waals surface area contributed by atoms with Crippen LogP contribution in [0.5, 0.6) is 5.75 Å². The molecule has 1 saturated carbocycles. The summed E-state index contributed by atoms with van der Waals surface area (Å²) in [6.07, 6.45) is 1.24. The molecule has 17 nitrogen and oxygen atoms in total. The zero-order valence-corrected chi connectivity index (χ0v) is 35.1. The number of nitrogens with zero attached hydrogens (tertiary/aromatic N) is 1. The number of hydrogen-bond acceptors (Lipinski definition) is 14. The first-order valence-electron chi connectivity index (χ1n) is 18.9. The number of anilines is 1. The Morgan fingerprint density at radius 2 is 1.57 bits per heavy atom. The number of amides is 3. The fourth-order valence-electron chi connectivity index (χ4n) is 5.26. The van der Waals surface area contributed by atoms with Crippen molar-refractivity contribution < 1.29 is 52.5 Å². The van der Waals surface area contributed by atoms with E-state index in [1.807, 2.05) is 0 Å². The van der Waals surface area contributed by atoms with Gasteiger partial charge in [-0.25, -0.2) is 14.6 Å². The van der Waals surface area contributed by atoms with Crippen LogP contribution in [0, 0.1) is 23.2 Å². The lowest BCUT2D eigenvalue weighted by atomic mass is 9.94. The number of ether oxygens (including phenoxy) is 5. The number of nitrogens with two attached hydrogens (primary N) is 1. The molecule has 1 aliphatic rings. The van der Waals surface area contributed by atoms with Crippen molar-refractivity contribution in [3.63, 3.8) is 0 Å². The van der Waals surface area contributed by atoms with Gasteiger partial charge in [0.2, 0.25) is 6.29 Å². The van der Waals surface area contributed by atoms with Gasteiger partial charge >= 0.3 is 24.0 Å². The number of alkyl carbamates (subject to hydrolysis) is 1. The van der Waals surface area contributed by atoms with E-state index in [2.05, 4.69) is 27.5 Å². The number of methoxy groups -OCH3 is 1. The third kappa shape index (κ3) is 13.4. The van der Waals surface area contributed by atoms with Gasteiger partial charge in [-0.15, -0.1) is 12.4 Å². The number of amidine groups is 1. The van der Waals surface area contributed by atoms with Crippen molar-refractivity contribution in [3.05, 3.63) is 83.2 Å². The maximum absolute atomic E-state index is 14.1. The lowest BCUT2D eigenvalue weighted by Gasteiger charge is -2.19. The normalized spacial score (nSPS) is 12.8. The van der Waals surface area contributed by atoms with Crippen molar-refractivity contribution in [3.8, 4) is 16.9 Å².